The Kier molecular flexibility index (Phi) is 7.21. The third-order valence-electron chi connectivity index (χ3n) is 6.28. The molecule has 0 bridgehead atoms. The van der Waals surface area contributed by atoms with Crippen LogP contribution in [0.15, 0.2) is 114 Å². The number of nitro groups is 1. The Bertz CT molecular complexity index is 2030. The molecule has 6 aromatic rings. The molecule has 2 heterocycles. The molecule has 0 aliphatic carbocycles. The molecular weight excluding hydrogens is 656 g/mol. The molecule has 202 valence electrons. The van der Waals surface area contributed by atoms with E-state index in [0.717, 1.165) is 24.6 Å². The first-order chi connectivity index (χ1) is 19.9. The van der Waals surface area contributed by atoms with Crippen LogP contribution in [0.3, 0.4) is 0 Å². The molecule has 4 aromatic carbocycles. The van der Waals surface area contributed by atoms with Crippen molar-refractivity contribution in [2.45, 2.75) is 6.61 Å². The summed E-state index contributed by atoms with van der Waals surface area (Å²) in [6.07, 6.45) is 1.35. The quantitative estimate of drug-likeness (QED) is 0.0975. The SMILES string of the molecule is O=c1c2ccccc2nc(-c2cc3cc(Br)ccc3o2)n1N=Cc1cccc([N+](=O)[O-])c1OCc1ccc(Br)cc1. The maximum Gasteiger partial charge on any atom is 0.311 e. The van der Waals surface area contributed by atoms with Gasteiger partial charge in [0.25, 0.3) is 5.56 Å². The molecule has 2 aromatic heterocycles. The van der Waals surface area contributed by atoms with Crippen molar-refractivity contribution in [1.29, 1.82) is 0 Å². The zero-order chi connectivity index (χ0) is 28.5. The van der Waals surface area contributed by atoms with Gasteiger partial charge in [-0.15, -0.1) is 0 Å². The number of nitro benzene ring substituents is 1. The summed E-state index contributed by atoms with van der Waals surface area (Å²) >= 11 is 6.86. The maximum atomic E-state index is 13.6. The predicted molar refractivity (Wildman–Crippen MR) is 163 cm³/mol. The Balaban J connectivity index is 1.47. The Labute approximate surface area is 249 Å². The van der Waals surface area contributed by atoms with Crippen LogP contribution in [-0.2, 0) is 6.61 Å². The minimum absolute atomic E-state index is 0.0288. The Morgan fingerprint density at radius 2 is 1.76 bits per heavy atom. The van der Waals surface area contributed by atoms with Gasteiger partial charge in [0, 0.05) is 26.0 Å². The number of hydrogen-bond acceptors (Lipinski definition) is 7. The van der Waals surface area contributed by atoms with Gasteiger partial charge in [0.15, 0.2) is 5.76 Å². The number of ether oxygens (including phenoxy) is 1. The third kappa shape index (κ3) is 5.41. The van der Waals surface area contributed by atoms with Gasteiger partial charge in [-0.2, -0.15) is 9.78 Å². The van der Waals surface area contributed by atoms with Crippen LogP contribution >= 0.6 is 31.9 Å². The lowest BCUT2D eigenvalue weighted by Gasteiger charge is -2.10. The van der Waals surface area contributed by atoms with E-state index in [1.807, 2.05) is 42.5 Å². The highest BCUT2D eigenvalue weighted by Gasteiger charge is 2.20. The summed E-state index contributed by atoms with van der Waals surface area (Å²) in [5.41, 5.74) is 1.58. The van der Waals surface area contributed by atoms with Crippen molar-refractivity contribution in [2.75, 3.05) is 0 Å². The summed E-state index contributed by atoms with van der Waals surface area (Å²) in [4.78, 5) is 29.6. The average Bonchev–Trinajstić information content (AvgIpc) is 3.39. The Morgan fingerprint density at radius 1 is 0.976 bits per heavy atom. The van der Waals surface area contributed by atoms with Crippen molar-refractivity contribution in [3.63, 3.8) is 0 Å². The Morgan fingerprint density at radius 3 is 2.56 bits per heavy atom. The monoisotopic (exact) mass is 672 g/mol. The van der Waals surface area contributed by atoms with Crippen LogP contribution in [-0.4, -0.2) is 20.8 Å². The van der Waals surface area contributed by atoms with Crippen molar-refractivity contribution < 1.29 is 14.1 Å². The highest BCUT2D eigenvalue weighted by atomic mass is 79.9. The van der Waals surface area contributed by atoms with Crippen LogP contribution < -0.4 is 10.3 Å². The first-order valence-corrected chi connectivity index (χ1v) is 13.9. The topological polar surface area (TPSA) is 113 Å². The molecule has 0 atom stereocenters. The van der Waals surface area contributed by atoms with Crippen molar-refractivity contribution >= 4 is 65.6 Å². The second kappa shape index (κ2) is 11.1. The van der Waals surface area contributed by atoms with Gasteiger partial charge < -0.3 is 9.15 Å². The van der Waals surface area contributed by atoms with Crippen LogP contribution in [0.5, 0.6) is 5.75 Å². The van der Waals surface area contributed by atoms with E-state index < -0.39 is 10.5 Å². The van der Waals surface area contributed by atoms with Crippen LogP contribution in [0.25, 0.3) is 33.5 Å². The normalized spacial score (nSPS) is 11.5. The van der Waals surface area contributed by atoms with Gasteiger partial charge in [-0.25, -0.2) is 4.98 Å². The molecule has 0 aliphatic heterocycles. The zero-order valence-corrected chi connectivity index (χ0v) is 24.2. The minimum Gasteiger partial charge on any atom is -0.481 e. The molecule has 9 nitrogen and oxygen atoms in total. The second-order valence-corrected chi connectivity index (χ2v) is 10.8. The standard InChI is InChI=1S/C30H18Br2N4O5/c31-21-10-8-18(9-11-21)17-40-28-19(4-3-7-25(28)36(38)39)16-33-35-29(34-24-6-2-1-5-23(24)30(35)37)27-15-20-14-22(32)12-13-26(20)41-27/h1-16H,17H2. The summed E-state index contributed by atoms with van der Waals surface area (Å²) in [6.45, 7) is 0.0935. The second-order valence-electron chi connectivity index (χ2n) is 8.97. The van der Waals surface area contributed by atoms with Gasteiger partial charge in [0.2, 0.25) is 11.6 Å². The van der Waals surface area contributed by atoms with E-state index in [4.69, 9.17) is 9.15 Å². The summed E-state index contributed by atoms with van der Waals surface area (Å²) in [7, 11) is 0. The number of benzene rings is 4. The predicted octanol–water partition coefficient (Wildman–Crippen LogP) is 7.70. The first kappa shape index (κ1) is 26.6. The summed E-state index contributed by atoms with van der Waals surface area (Å²) in [5.74, 6) is 0.546. The van der Waals surface area contributed by atoms with Gasteiger partial charge in [-0.05, 0) is 60.2 Å². The zero-order valence-electron chi connectivity index (χ0n) is 21.0. The highest BCUT2D eigenvalue weighted by Crippen LogP contribution is 2.32. The van der Waals surface area contributed by atoms with Crippen LogP contribution in [0.2, 0.25) is 0 Å². The molecule has 0 unspecified atom stereocenters. The maximum absolute atomic E-state index is 13.6. The minimum atomic E-state index is -0.518. The fraction of sp³-hybridized carbons (Fsp3) is 0.0333. The molecule has 0 radical (unpaired) electrons. The fourth-order valence-electron chi connectivity index (χ4n) is 4.32. The van der Waals surface area contributed by atoms with Crippen molar-refractivity contribution in [2.24, 2.45) is 5.10 Å². The van der Waals surface area contributed by atoms with Gasteiger partial charge in [0.05, 0.1) is 22.0 Å². The first-order valence-electron chi connectivity index (χ1n) is 12.3. The molecule has 0 aliphatic rings. The summed E-state index contributed by atoms with van der Waals surface area (Å²) in [6, 6.07) is 26.2. The molecule has 0 amide bonds. The number of hydrogen-bond donors (Lipinski definition) is 0. The molecule has 41 heavy (non-hydrogen) atoms. The molecule has 0 fully saturated rings. The molecule has 0 spiro atoms. The van der Waals surface area contributed by atoms with Crippen LogP contribution in [0.1, 0.15) is 11.1 Å². The van der Waals surface area contributed by atoms with Gasteiger partial charge in [0.1, 0.15) is 12.2 Å². The highest BCUT2D eigenvalue weighted by molar-refractivity contribution is 9.10. The molecular formula is C30H18Br2N4O5. The summed E-state index contributed by atoms with van der Waals surface area (Å²) in [5, 5.41) is 17.5. The van der Waals surface area contributed by atoms with E-state index in [0.29, 0.717) is 27.8 Å². The van der Waals surface area contributed by atoms with Crippen LogP contribution in [0.4, 0.5) is 5.69 Å². The lowest BCUT2D eigenvalue weighted by atomic mass is 10.2. The number of fused-ring (bicyclic) bond motifs is 2. The van der Waals surface area contributed by atoms with Crippen molar-refractivity contribution in [1.82, 2.24) is 9.66 Å². The van der Waals surface area contributed by atoms with E-state index in [2.05, 4.69) is 41.9 Å². The number of para-hydroxylation sites is 2. The number of nitrogens with zero attached hydrogens (tertiary/aromatic N) is 4. The van der Waals surface area contributed by atoms with E-state index in [1.165, 1.54) is 18.3 Å². The number of furan rings is 1. The Hall–Kier alpha value is -4.61. The van der Waals surface area contributed by atoms with Crippen LogP contribution in [0, 0.1) is 10.1 Å². The molecule has 0 N–H and O–H groups in total. The molecule has 0 saturated heterocycles. The van der Waals surface area contributed by atoms with Gasteiger partial charge in [-0.1, -0.05) is 62.2 Å². The van der Waals surface area contributed by atoms with E-state index in [-0.39, 0.29) is 23.9 Å². The lowest BCUT2D eigenvalue weighted by molar-refractivity contribution is -0.385. The van der Waals surface area contributed by atoms with E-state index in [1.54, 1.807) is 36.4 Å². The number of aromatic nitrogens is 2. The molecule has 0 saturated carbocycles. The summed E-state index contributed by atoms with van der Waals surface area (Å²) < 4.78 is 14.9. The number of rotatable bonds is 7. The fourth-order valence-corrected chi connectivity index (χ4v) is 4.96. The number of halogens is 2. The van der Waals surface area contributed by atoms with E-state index >= 15 is 0 Å². The molecule has 6 rings (SSSR count). The van der Waals surface area contributed by atoms with Gasteiger partial charge >= 0.3 is 5.69 Å². The average molecular weight is 674 g/mol. The van der Waals surface area contributed by atoms with Crippen molar-refractivity contribution in [3.8, 4) is 17.3 Å². The van der Waals surface area contributed by atoms with Crippen molar-refractivity contribution in [3.05, 3.63) is 132 Å². The lowest BCUT2D eigenvalue weighted by Crippen LogP contribution is -2.20. The van der Waals surface area contributed by atoms with E-state index in [9.17, 15) is 14.9 Å². The molecule has 11 heteroatoms. The third-order valence-corrected chi connectivity index (χ3v) is 7.30. The largest absolute Gasteiger partial charge is 0.481 e. The van der Waals surface area contributed by atoms with Gasteiger partial charge in [-0.3, -0.25) is 14.9 Å². The smallest absolute Gasteiger partial charge is 0.311 e.